The van der Waals surface area contributed by atoms with Gasteiger partial charge >= 0.3 is 0 Å². The number of nitrogens with zero attached hydrogens (tertiary/aromatic N) is 2. The van der Waals surface area contributed by atoms with Gasteiger partial charge in [0.1, 0.15) is 11.0 Å². The summed E-state index contributed by atoms with van der Waals surface area (Å²) in [4.78, 5) is 0. The molecule has 0 aliphatic heterocycles. The normalized spacial score (nSPS) is 15.9. The minimum absolute atomic E-state index is 0.0470. The molecule has 0 N–H and O–H groups in total. The third-order valence-corrected chi connectivity index (χ3v) is 7.26. The van der Waals surface area contributed by atoms with Gasteiger partial charge in [-0.2, -0.15) is 8.75 Å². The summed E-state index contributed by atoms with van der Waals surface area (Å²) in [5.41, 5.74) is 12.9. The van der Waals surface area contributed by atoms with E-state index in [0.29, 0.717) is 5.92 Å². The average Bonchev–Trinajstić information content (AvgIpc) is 3.29. The lowest BCUT2D eigenvalue weighted by atomic mass is 9.84. The first-order chi connectivity index (χ1) is 14.6. The number of fused-ring (bicyclic) bond motifs is 4. The van der Waals surface area contributed by atoms with E-state index in [0.717, 1.165) is 11.0 Å². The summed E-state index contributed by atoms with van der Waals surface area (Å²) in [7, 11) is 0. The van der Waals surface area contributed by atoms with Gasteiger partial charge in [0, 0.05) is 11.5 Å². The second kappa shape index (κ2) is 6.74. The fourth-order valence-corrected chi connectivity index (χ4v) is 5.41. The number of aromatic nitrogens is 2. The van der Waals surface area contributed by atoms with Gasteiger partial charge in [0.05, 0.1) is 11.7 Å². The number of benzene rings is 3. The van der Waals surface area contributed by atoms with Gasteiger partial charge in [-0.1, -0.05) is 90.9 Å². The van der Waals surface area contributed by atoms with Gasteiger partial charge in [0.25, 0.3) is 0 Å². The standard InChI is InChI=1S/C28H30N2S/c1-16-22-14-17(19-12-13-24(28(5,6)7)26-25(19)29-31-30-26)8-10-20(22)21-11-9-18(15-23(16)21)27(2,3)4/h8-16H,1-7H3. The van der Waals surface area contributed by atoms with Crippen LogP contribution in [0, 0.1) is 0 Å². The van der Waals surface area contributed by atoms with Crippen LogP contribution < -0.4 is 0 Å². The van der Waals surface area contributed by atoms with Gasteiger partial charge in [-0.3, -0.25) is 0 Å². The Bertz CT molecular complexity index is 1320. The molecule has 31 heavy (non-hydrogen) atoms. The van der Waals surface area contributed by atoms with Crippen LogP contribution in [0.3, 0.4) is 0 Å². The first-order valence-corrected chi connectivity index (χ1v) is 11.8. The zero-order chi connectivity index (χ0) is 22.1. The van der Waals surface area contributed by atoms with Crippen LogP contribution in [0.15, 0.2) is 48.5 Å². The maximum atomic E-state index is 4.69. The third-order valence-electron chi connectivity index (χ3n) is 6.73. The van der Waals surface area contributed by atoms with Crippen LogP contribution in [0.4, 0.5) is 0 Å². The van der Waals surface area contributed by atoms with Crippen LogP contribution in [0.25, 0.3) is 33.3 Å². The predicted molar refractivity (Wildman–Crippen MR) is 133 cm³/mol. The molecule has 5 rings (SSSR count). The molecule has 1 heterocycles. The third kappa shape index (κ3) is 3.22. The van der Waals surface area contributed by atoms with E-state index < -0.39 is 0 Å². The Kier molecular flexibility index (Phi) is 4.43. The molecule has 0 bridgehead atoms. The van der Waals surface area contributed by atoms with E-state index in [1.807, 2.05) is 0 Å². The maximum Gasteiger partial charge on any atom is 0.112 e. The van der Waals surface area contributed by atoms with Gasteiger partial charge in [-0.05, 0) is 55.8 Å². The van der Waals surface area contributed by atoms with E-state index in [2.05, 4.69) is 101 Å². The molecule has 1 aromatic heterocycles. The lowest BCUT2D eigenvalue weighted by molar-refractivity contribution is 0.589. The lowest BCUT2D eigenvalue weighted by Crippen LogP contribution is -2.11. The Labute approximate surface area is 189 Å². The Hall–Kier alpha value is -2.52. The molecule has 1 aliphatic rings. The van der Waals surface area contributed by atoms with Gasteiger partial charge in [-0.15, -0.1) is 0 Å². The smallest absolute Gasteiger partial charge is 0.112 e. The van der Waals surface area contributed by atoms with Crippen molar-refractivity contribution < 1.29 is 0 Å². The molecule has 1 aliphatic carbocycles. The highest BCUT2D eigenvalue weighted by Crippen LogP contribution is 2.47. The zero-order valence-electron chi connectivity index (χ0n) is 19.5. The van der Waals surface area contributed by atoms with Crippen molar-refractivity contribution in [3.8, 4) is 22.3 Å². The Morgan fingerprint density at radius 3 is 1.97 bits per heavy atom. The van der Waals surface area contributed by atoms with Crippen LogP contribution in [0.5, 0.6) is 0 Å². The molecule has 0 radical (unpaired) electrons. The highest BCUT2D eigenvalue weighted by molar-refractivity contribution is 7.00. The second-order valence-corrected chi connectivity index (χ2v) is 11.5. The lowest BCUT2D eigenvalue weighted by Gasteiger charge is -2.20. The first-order valence-electron chi connectivity index (χ1n) is 11.1. The van der Waals surface area contributed by atoms with Crippen LogP contribution in [0.2, 0.25) is 0 Å². The first kappa shape index (κ1) is 20.4. The maximum absolute atomic E-state index is 4.69. The molecule has 3 aromatic carbocycles. The summed E-state index contributed by atoms with van der Waals surface area (Å²) < 4.78 is 9.34. The molecule has 0 amide bonds. The van der Waals surface area contributed by atoms with Crippen LogP contribution in [-0.4, -0.2) is 8.75 Å². The van der Waals surface area contributed by atoms with E-state index >= 15 is 0 Å². The summed E-state index contributed by atoms with van der Waals surface area (Å²) in [5.74, 6) is 0.394. The molecule has 4 aromatic rings. The summed E-state index contributed by atoms with van der Waals surface area (Å²) in [5, 5.41) is 0. The van der Waals surface area contributed by atoms with Gasteiger partial charge in [0.15, 0.2) is 0 Å². The van der Waals surface area contributed by atoms with E-state index in [1.165, 1.54) is 56.2 Å². The van der Waals surface area contributed by atoms with Crippen molar-refractivity contribution in [2.45, 2.75) is 65.2 Å². The minimum atomic E-state index is 0.0470. The Morgan fingerprint density at radius 1 is 0.677 bits per heavy atom. The zero-order valence-corrected chi connectivity index (χ0v) is 20.3. The Morgan fingerprint density at radius 2 is 1.29 bits per heavy atom. The average molecular weight is 427 g/mol. The van der Waals surface area contributed by atoms with Crippen molar-refractivity contribution in [2.24, 2.45) is 0 Å². The highest BCUT2D eigenvalue weighted by atomic mass is 32.1. The van der Waals surface area contributed by atoms with Crippen molar-refractivity contribution in [3.05, 3.63) is 70.8 Å². The Balaban J connectivity index is 1.63. The minimum Gasteiger partial charge on any atom is -0.173 e. The molecule has 3 heteroatoms. The van der Waals surface area contributed by atoms with E-state index in [4.69, 9.17) is 4.37 Å². The van der Waals surface area contributed by atoms with E-state index in [9.17, 15) is 0 Å². The van der Waals surface area contributed by atoms with E-state index in [-0.39, 0.29) is 10.8 Å². The quantitative estimate of drug-likeness (QED) is 0.307. The van der Waals surface area contributed by atoms with Crippen molar-refractivity contribution in [1.82, 2.24) is 8.75 Å². The van der Waals surface area contributed by atoms with Crippen molar-refractivity contribution in [3.63, 3.8) is 0 Å². The highest BCUT2D eigenvalue weighted by Gasteiger charge is 2.28. The molecule has 0 fully saturated rings. The fraction of sp³-hybridized carbons (Fsp3) is 0.357. The van der Waals surface area contributed by atoms with Crippen LogP contribution in [0.1, 0.15) is 76.6 Å². The van der Waals surface area contributed by atoms with Crippen LogP contribution in [-0.2, 0) is 10.8 Å². The summed E-state index contributed by atoms with van der Waals surface area (Å²) in [6, 6.07) is 18.4. The molecule has 0 spiro atoms. The number of hydrogen-bond acceptors (Lipinski definition) is 3. The van der Waals surface area contributed by atoms with Crippen molar-refractivity contribution in [1.29, 1.82) is 0 Å². The number of rotatable bonds is 1. The molecule has 158 valence electrons. The topological polar surface area (TPSA) is 25.8 Å². The summed E-state index contributed by atoms with van der Waals surface area (Å²) >= 11 is 1.31. The molecule has 2 nitrogen and oxygen atoms in total. The van der Waals surface area contributed by atoms with Crippen molar-refractivity contribution in [2.75, 3.05) is 0 Å². The van der Waals surface area contributed by atoms with Gasteiger partial charge < -0.3 is 0 Å². The molecular formula is C28H30N2S. The fourth-order valence-electron chi connectivity index (χ4n) is 4.84. The van der Waals surface area contributed by atoms with Crippen LogP contribution >= 0.6 is 11.7 Å². The SMILES string of the molecule is CC1c2cc(-c3ccc(C(C)(C)C)c4nsnc34)ccc2-c2ccc(C(C)(C)C)cc21. The number of hydrogen-bond donors (Lipinski definition) is 0. The molecule has 1 atom stereocenters. The summed E-state index contributed by atoms with van der Waals surface area (Å²) in [6.07, 6.45) is 0. The largest absolute Gasteiger partial charge is 0.173 e. The van der Waals surface area contributed by atoms with Crippen molar-refractivity contribution >= 4 is 22.8 Å². The molecule has 1 unspecified atom stereocenters. The monoisotopic (exact) mass is 426 g/mol. The second-order valence-electron chi connectivity index (χ2n) is 10.9. The molecular weight excluding hydrogens is 396 g/mol. The molecule has 0 saturated heterocycles. The summed E-state index contributed by atoms with van der Waals surface area (Å²) in [6.45, 7) is 15.9. The van der Waals surface area contributed by atoms with Gasteiger partial charge in [-0.25, -0.2) is 0 Å². The van der Waals surface area contributed by atoms with E-state index in [1.54, 1.807) is 0 Å². The molecule has 0 saturated carbocycles. The van der Waals surface area contributed by atoms with Gasteiger partial charge in [0.2, 0.25) is 0 Å². The predicted octanol–water partition coefficient (Wildman–Crippen LogP) is 8.09.